The predicted octanol–water partition coefficient (Wildman–Crippen LogP) is 3.64. The minimum atomic E-state index is -0.193. The Hall–Kier alpha value is -1.94. The van der Waals surface area contributed by atoms with Crippen molar-refractivity contribution in [2.24, 2.45) is 5.10 Å². The first-order valence-electron chi connectivity index (χ1n) is 6.12. The molecule has 0 aliphatic heterocycles. The minimum Gasteiger partial charge on any atom is -0.267 e. The highest BCUT2D eigenvalue weighted by Gasteiger charge is 2.05. The summed E-state index contributed by atoms with van der Waals surface area (Å²) in [4.78, 5) is 11.8. The zero-order valence-corrected chi connectivity index (χ0v) is 11.8. The third kappa shape index (κ3) is 3.76. The molecule has 2 aromatic rings. The molecule has 1 heterocycles. The van der Waals surface area contributed by atoms with E-state index < -0.39 is 0 Å². The van der Waals surface area contributed by atoms with Gasteiger partial charge in [0.2, 0.25) is 0 Å². The van der Waals surface area contributed by atoms with Gasteiger partial charge in [0.25, 0.3) is 5.91 Å². The van der Waals surface area contributed by atoms with Crippen molar-refractivity contribution in [3.63, 3.8) is 0 Å². The molecule has 98 valence electrons. The Bertz CT molecular complexity index is 556. The number of nitrogens with one attached hydrogen (secondary N) is 1. The fourth-order valence-corrected chi connectivity index (χ4v) is 2.21. The molecule has 0 bridgehead atoms. The van der Waals surface area contributed by atoms with E-state index in [0.29, 0.717) is 11.5 Å². The predicted molar refractivity (Wildman–Crippen MR) is 79.9 cm³/mol. The molecule has 1 aromatic carbocycles. The molecular formula is C15H16N2OS. The molecule has 4 heteroatoms. The first-order valence-corrected chi connectivity index (χ1v) is 7.06. The number of rotatable bonds is 4. The lowest BCUT2D eigenvalue weighted by Crippen LogP contribution is -2.17. The lowest BCUT2D eigenvalue weighted by Gasteiger charge is -2.05. The highest BCUT2D eigenvalue weighted by Crippen LogP contribution is 2.14. The Morgan fingerprint density at radius 2 is 2.00 bits per heavy atom. The monoisotopic (exact) mass is 272 g/mol. The summed E-state index contributed by atoms with van der Waals surface area (Å²) in [7, 11) is 0. The Labute approximate surface area is 117 Å². The van der Waals surface area contributed by atoms with E-state index in [2.05, 4.69) is 24.4 Å². The molecular weight excluding hydrogens is 256 g/mol. The summed E-state index contributed by atoms with van der Waals surface area (Å²) in [5.41, 5.74) is 5.35. The second kappa shape index (κ2) is 6.29. The van der Waals surface area contributed by atoms with Gasteiger partial charge in [0, 0.05) is 11.1 Å². The number of thiophene rings is 1. The van der Waals surface area contributed by atoms with Gasteiger partial charge < -0.3 is 0 Å². The van der Waals surface area contributed by atoms with Crippen LogP contribution in [0.3, 0.4) is 0 Å². The fourth-order valence-electron chi connectivity index (χ4n) is 1.60. The number of nitrogens with zero attached hydrogens (tertiary/aromatic N) is 1. The number of carbonyl (C=O) groups is 1. The third-order valence-electron chi connectivity index (χ3n) is 2.76. The summed E-state index contributed by atoms with van der Waals surface area (Å²) in [6.07, 6.45) is 1.64. The molecule has 19 heavy (non-hydrogen) atoms. The second-order valence-electron chi connectivity index (χ2n) is 4.53. The van der Waals surface area contributed by atoms with Gasteiger partial charge in [0.15, 0.2) is 0 Å². The van der Waals surface area contributed by atoms with Gasteiger partial charge >= 0.3 is 0 Å². The van der Waals surface area contributed by atoms with Crippen LogP contribution in [-0.2, 0) is 0 Å². The van der Waals surface area contributed by atoms with Crippen LogP contribution in [0, 0.1) is 0 Å². The molecule has 1 aromatic heterocycles. The van der Waals surface area contributed by atoms with Gasteiger partial charge in [-0.25, -0.2) is 5.43 Å². The summed E-state index contributed by atoms with van der Waals surface area (Å²) in [6, 6.07) is 9.54. The van der Waals surface area contributed by atoms with Gasteiger partial charge in [0.05, 0.1) is 6.21 Å². The van der Waals surface area contributed by atoms with Crippen LogP contribution in [0.15, 0.2) is 46.2 Å². The Balaban J connectivity index is 1.96. The van der Waals surface area contributed by atoms with Crippen molar-refractivity contribution in [3.05, 3.63) is 57.8 Å². The summed E-state index contributed by atoms with van der Waals surface area (Å²) in [6.45, 7) is 4.25. The summed E-state index contributed by atoms with van der Waals surface area (Å²) >= 11 is 1.60. The molecule has 1 amide bonds. The van der Waals surface area contributed by atoms with Crippen LogP contribution in [0.2, 0.25) is 0 Å². The van der Waals surface area contributed by atoms with Crippen LogP contribution >= 0.6 is 11.3 Å². The zero-order chi connectivity index (χ0) is 13.7. The smallest absolute Gasteiger partial charge is 0.267 e. The normalized spacial score (nSPS) is 11.1. The van der Waals surface area contributed by atoms with Crippen LogP contribution in [0.1, 0.15) is 41.3 Å². The van der Waals surface area contributed by atoms with Gasteiger partial charge in [-0.15, -0.1) is 0 Å². The van der Waals surface area contributed by atoms with Crippen molar-refractivity contribution in [2.75, 3.05) is 0 Å². The maximum absolute atomic E-state index is 11.8. The van der Waals surface area contributed by atoms with Crippen molar-refractivity contribution in [1.82, 2.24) is 5.43 Å². The summed E-state index contributed by atoms with van der Waals surface area (Å²) in [5, 5.41) is 7.86. The van der Waals surface area contributed by atoms with E-state index in [1.807, 2.05) is 41.1 Å². The van der Waals surface area contributed by atoms with E-state index in [1.54, 1.807) is 17.6 Å². The zero-order valence-electron chi connectivity index (χ0n) is 11.0. The van der Waals surface area contributed by atoms with Gasteiger partial charge in [-0.2, -0.15) is 16.4 Å². The number of hydrogen-bond acceptors (Lipinski definition) is 3. The van der Waals surface area contributed by atoms with E-state index in [9.17, 15) is 4.79 Å². The number of hydrogen-bond donors (Lipinski definition) is 1. The molecule has 1 N–H and O–H groups in total. The molecule has 3 nitrogen and oxygen atoms in total. The van der Waals surface area contributed by atoms with Crippen molar-refractivity contribution in [1.29, 1.82) is 0 Å². The van der Waals surface area contributed by atoms with Crippen LogP contribution in [0.5, 0.6) is 0 Å². The average molecular weight is 272 g/mol. The number of hydrazone groups is 1. The fraction of sp³-hybridized carbons (Fsp3) is 0.200. The van der Waals surface area contributed by atoms with Crippen LogP contribution in [0.25, 0.3) is 0 Å². The second-order valence-corrected chi connectivity index (χ2v) is 5.31. The first kappa shape index (κ1) is 13.5. The van der Waals surface area contributed by atoms with Crippen LogP contribution in [0.4, 0.5) is 0 Å². The van der Waals surface area contributed by atoms with E-state index >= 15 is 0 Å². The van der Waals surface area contributed by atoms with Crippen molar-refractivity contribution in [2.45, 2.75) is 19.8 Å². The Kier molecular flexibility index (Phi) is 4.47. The third-order valence-corrected chi connectivity index (χ3v) is 3.46. The number of carbonyl (C=O) groups excluding carboxylic acids is 1. The van der Waals surface area contributed by atoms with E-state index in [-0.39, 0.29) is 5.91 Å². The van der Waals surface area contributed by atoms with Crippen molar-refractivity contribution in [3.8, 4) is 0 Å². The van der Waals surface area contributed by atoms with E-state index in [4.69, 9.17) is 0 Å². The molecule has 2 rings (SSSR count). The topological polar surface area (TPSA) is 41.5 Å². The maximum Gasteiger partial charge on any atom is 0.271 e. The standard InChI is InChI=1S/C15H16N2OS/c1-11(2)13-3-5-14(6-4-13)15(18)17-16-9-12-7-8-19-10-12/h3-11H,1-2H3,(H,17,18). The molecule has 0 saturated heterocycles. The Morgan fingerprint density at radius 1 is 1.26 bits per heavy atom. The highest BCUT2D eigenvalue weighted by molar-refractivity contribution is 7.08. The maximum atomic E-state index is 11.8. The quantitative estimate of drug-likeness (QED) is 0.670. The molecule has 0 aliphatic rings. The lowest BCUT2D eigenvalue weighted by atomic mass is 10.0. The van der Waals surface area contributed by atoms with Crippen LogP contribution < -0.4 is 5.43 Å². The molecule has 0 saturated carbocycles. The van der Waals surface area contributed by atoms with E-state index in [0.717, 1.165) is 5.56 Å². The van der Waals surface area contributed by atoms with Gasteiger partial charge in [-0.3, -0.25) is 4.79 Å². The summed E-state index contributed by atoms with van der Waals surface area (Å²) < 4.78 is 0. The molecule has 0 atom stereocenters. The van der Waals surface area contributed by atoms with E-state index in [1.165, 1.54) is 5.56 Å². The van der Waals surface area contributed by atoms with Gasteiger partial charge in [-0.1, -0.05) is 26.0 Å². The van der Waals surface area contributed by atoms with Gasteiger partial charge in [-0.05, 0) is 40.4 Å². The highest BCUT2D eigenvalue weighted by atomic mass is 32.1. The van der Waals surface area contributed by atoms with Crippen molar-refractivity contribution >= 4 is 23.5 Å². The first-order chi connectivity index (χ1) is 9.16. The van der Waals surface area contributed by atoms with Crippen molar-refractivity contribution < 1.29 is 4.79 Å². The summed E-state index contributed by atoms with van der Waals surface area (Å²) in [5.74, 6) is 0.274. The molecule has 0 spiro atoms. The SMILES string of the molecule is CC(C)c1ccc(C(=O)NN=Cc2ccsc2)cc1. The number of amides is 1. The molecule has 0 unspecified atom stereocenters. The molecule has 0 aliphatic carbocycles. The Morgan fingerprint density at radius 3 is 2.58 bits per heavy atom. The molecule has 0 radical (unpaired) electrons. The molecule has 0 fully saturated rings. The average Bonchev–Trinajstić information content (AvgIpc) is 2.92. The van der Waals surface area contributed by atoms with Gasteiger partial charge in [0.1, 0.15) is 0 Å². The largest absolute Gasteiger partial charge is 0.271 e. The van der Waals surface area contributed by atoms with Crippen LogP contribution in [-0.4, -0.2) is 12.1 Å². The lowest BCUT2D eigenvalue weighted by molar-refractivity contribution is 0.0955. The number of benzene rings is 1. The minimum absolute atomic E-state index is 0.193.